The highest BCUT2D eigenvalue weighted by atomic mass is 19.1. The highest BCUT2D eigenvalue weighted by molar-refractivity contribution is 5.77. The largest absolute Gasteiger partial charge is 0.394 e. The number of benzene rings is 2. The van der Waals surface area contributed by atoms with E-state index in [1.165, 1.54) is 12.1 Å². The normalized spacial score (nSPS) is 12.2. The molecule has 0 spiro atoms. The summed E-state index contributed by atoms with van der Waals surface area (Å²) >= 11 is 0. The van der Waals surface area contributed by atoms with Gasteiger partial charge in [-0.05, 0) is 23.8 Å². The SMILES string of the molecule is OCC(O)CNc1ccccc1-c1cc(F)cc(F)c1. The fraction of sp³-hybridized carbons (Fsp3) is 0.200. The van der Waals surface area contributed by atoms with Gasteiger partial charge in [0, 0.05) is 23.9 Å². The van der Waals surface area contributed by atoms with Crippen molar-refractivity contribution < 1.29 is 19.0 Å². The molecule has 0 aliphatic carbocycles. The van der Waals surface area contributed by atoms with E-state index in [2.05, 4.69) is 5.32 Å². The first-order valence-electron chi connectivity index (χ1n) is 6.18. The summed E-state index contributed by atoms with van der Waals surface area (Å²) < 4.78 is 26.6. The average Bonchev–Trinajstić information content (AvgIpc) is 2.44. The van der Waals surface area contributed by atoms with Crippen molar-refractivity contribution in [3.05, 3.63) is 54.1 Å². The Bertz CT molecular complexity index is 570. The number of aliphatic hydroxyl groups is 2. The van der Waals surface area contributed by atoms with Gasteiger partial charge < -0.3 is 15.5 Å². The molecule has 0 radical (unpaired) electrons. The molecule has 3 nitrogen and oxygen atoms in total. The van der Waals surface area contributed by atoms with Crippen LogP contribution < -0.4 is 5.32 Å². The van der Waals surface area contributed by atoms with Crippen molar-refractivity contribution in [2.45, 2.75) is 6.10 Å². The summed E-state index contributed by atoms with van der Waals surface area (Å²) in [5.74, 6) is -1.30. The molecule has 0 saturated carbocycles. The summed E-state index contributed by atoms with van der Waals surface area (Å²) in [6.45, 7) is -0.213. The van der Waals surface area contributed by atoms with Gasteiger partial charge in [-0.15, -0.1) is 0 Å². The molecule has 3 N–H and O–H groups in total. The molecule has 20 heavy (non-hydrogen) atoms. The predicted molar refractivity (Wildman–Crippen MR) is 73.4 cm³/mol. The Morgan fingerprint density at radius 1 is 1.05 bits per heavy atom. The third kappa shape index (κ3) is 3.53. The van der Waals surface area contributed by atoms with Crippen LogP contribution in [0.3, 0.4) is 0 Å². The molecule has 0 heterocycles. The Kier molecular flexibility index (Phi) is 4.65. The first kappa shape index (κ1) is 14.4. The van der Waals surface area contributed by atoms with E-state index in [0.717, 1.165) is 6.07 Å². The number of rotatable bonds is 5. The van der Waals surface area contributed by atoms with Crippen LogP contribution in [0.5, 0.6) is 0 Å². The highest BCUT2D eigenvalue weighted by Gasteiger charge is 2.09. The maximum atomic E-state index is 13.3. The molecular formula is C15H15F2NO2. The van der Waals surface area contributed by atoms with Crippen LogP contribution in [0.1, 0.15) is 0 Å². The molecule has 2 aromatic carbocycles. The Morgan fingerprint density at radius 2 is 1.70 bits per heavy atom. The number of hydrogen-bond acceptors (Lipinski definition) is 3. The number of aliphatic hydroxyl groups excluding tert-OH is 2. The molecule has 106 valence electrons. The number of nitrogens with one attached hydrogen (secondary N) is 1. The molecule has 0 fully saturated rings. The maximum Gasteiger partial charge on any atom is 0.126 e. The van der Waals surface area contributed by atoms with E-state index in [1.807, 2.05) is 0 Å². The Morgan fingerprint density at radius 3 is 2.35 bits per heavy atom. The third-order valence-electron chi connectivity index (χ3n) is 2.84. The molecule has 0 amide bonds. The van der Waals surface area contributed by atoms with Crippen molar-refractivity contribution in [2.24, 2.45) is 0 Å². The monoisotopic (exact) mass is 279 g/mol. The third-order valence-corrected chi connectivity index (χ3v) is 2.84. The lowest BCUT2D eigenvalue weighted by Crippen LogP contribution is -2.23. The number of halogens is 2. The summed E-state index contributed by atoms with van der Waals surface area (Å²) in [6, 6.07) is 10.3. The average molecular weight is 279 g/mol. The van der Waals surface area contributed by atoms with E-state index in [-0.39, 0.29) is 13.2 Å². The van der Waals surface area contributed by atoms with E-state index in [1.54, 1.807) is 24.3 Å². The van der Waals surface area contributed by atoms with E-state index in [0.29, 0.717) is 16.8 Å². The second-order valence-corrected chi connectivity index (χ2v) is 4.42. The minimum absolute atomic E-state index is 0.144. The molecule has 1 unspecified atom stereocenters. The molecule has 1 atom stereocenters. The Hall–Kier alpha value is -1.98. The van der Waals surface area contributed by atoms with Gasteiger partial charge >= 0.3 is 0 Å². The minimum atomic E-state index is -0.896. The van der Waals surface area contributed by atoms with Gasteiger partial charge in [-0.3, -0.25) is 0 Å². The minimum Gasteiger partial charge on any atom is -0.394 e. The van der Waals surface area contributed by atoms with Crippen molar-refractivity contribution in [3.8, 4) is 11.1 Å². The van der Waals surface area contributed by atoms with E-state index in [4.69, 9.17) is 5.11 Å². The van der Waals surface area contributed by atoms with E-state index < -0.39 is 17.7 Å². The second-order valence-electron chi connectivity index (χ2n) is 4.42. The molecule has 0 aliphatic rings. The Labute approximate surface area is 115 Å². The zero-order valence-corrected chi connectivity index (χ0v) is 10.7. The van der Waals surface area contributed by atoms with Crippen LogP contribution >= 0.6 is 0 Å². The number of anilines is 1. The van der Waals surface area contributed by atoms with Crippen molar-refractivity contribution in [1.29, 1.82) is 0 Å². The zero-order valence-electron chi connectivity index (χ0n) is 10.7. The first-order chi connectivity index (χ1) is 9.60. The van der Waals surface area contributed by atoms with Crippen LogP contribution in [0.2, 0.25) is 0 Å². The fourth-order valence-corrected chi connectivity index (χ4v) is 1.89. The van der Waals surface area contributed by atoms with Gasteiger partial charge in [-0.1, -0.05) is 18.2 Å². The van der Waals surface area contributed by atoms with Gasteiger partial charge in [0.2, 0.25) is 0 Å². The molecule has 0 aromatic heterocycles. The second kappa shape index (κ2) is 6.45. The van der Waals surface area contributed by atoms with Crippen molar-refractivity contribution in [3.63, 3.8) is 0 Å². The molecule has 2 aromatic rings. The molecule has 0 aliphatic heterocycles. The van der Waals surface area contributed by atoms with Gasteiger partial charge in [0.15, 0.2) is 0 Å². The van der Waals surface area contributed by atoms with Crippen LogP contribution in [-0.4, -0.2) is 29.5 Å². The molecule has 0 bridgehead atoms. The summed E-state index contributed by atoms with van der Waals surface area (Å²) in [5.41, 5.74) is 1.66. The van der Waals surface area contributed by atoms with Gasteiger partial charge in [-0.2, -0.15) is 0 Å². The number of hydrogen-bond donors (Lipinski definition) is 3. The quantitative estimate of drug-likeness (QED) is 0.787. The van der Waals surface area contributed by atoms with Crippen molar-refractivity contribution in [2.75, 3.05) is 18.5 Å². The number of para-hydroxylation sites is 1. The Balaban J connectivity index is 2.31. The van der Waals surface area contributed by atoms with Gasteiger partial charge in [0.25, 0.3) is 0 Å². The smallest absolute Gasteiger partial charge is 0.126 e. The maximum absolute atomic E-state index is 13.3. The van der Waals surface area contributed by atoms with Gasteiger partial charge in [0.1, 0.15) is 11.6 Å². The highest BCUT2D eigenvalue weighted by Crippen LogP contribution is 2.29. The van der Waals surface area contributed by atoms with Crippen LogP contribution in [0.15, 0.2) is 42.5 Å². The van der Waals surface area contributed by atoms with Crippen molar-refractivity contribution >= 4 is 5.69 Å². The summed E-state index contributed by atoms with van der Waals surface area (Å²) in [5, 5.41) is 21.1. The predicted octanol–water partition coefficient (Wildman–Crippen LogP) is 2.40. The van der Waals surface area contributed by atoms with Crippen molar-refractivity contribution in [1.82, 2.24) is 0 Å². The lowest BCUT2D eigenvalue weighted by Gasteiger charge is -2.14. The standard InChI is InChI=1S/C15H15F2NO2/c16-11-5-10(6-12(17)7-11)14-3-1-2-4-15(14)18-8-13(20)9-19/h1-7,13,18-20H,8-9H2. The summed E-state index contributed by atoms with van der Waals surface area (Å²) in [4.78, 5) is 0. The topological polar surface area (TPSA) is 52.5 Å². The van der Waals surface area contributed by atoms with E-state index >= 15 is 0 Å². The zero-order chi connectivity index (χ0) is 14.5. The van der Waals surface area contributed by atoms with Crippen LogP contribution in [0.4, 0.5) is 14.5 Å². The fourth-order valence-electron chi connectivity index (χ4n) is 1.89. The molecule has 5 heteroatoms. The van der Waals surface area contributed by atoms with Gasteiger partial charge in [0.05, 0.1) is 12.7 Å². The molecule has 0 saturated heterocycles. The molecular weight excluding hydrogens is 264 g/mol. The van der Waals surface area contributed by atoms with E-state index in [9.17, 15) is 13.9 Å². The lowest BCUT2D eigenvalue weighted by atomic mass is 10.0. The lowest BCUT2D eigenvalue weighted by molar-refractivity contribution is 0.105. The van der Waals surface area contributed by atoms with Crippen LogP contribution in [0.25, 0.3) is 11.1 Å². The first-order valence-corrected chi connectivity index (χ1v) is 6.18. The summed E-state index contributed by atoms with van der Waals surface area (Å²) in [7, 11) is 0. The van der Waals surface area contributed by atoms with Gasteiger partial charge in [-0.25, -0.2) is 8.78 Å². The summed E-state index contributed by atoms with van der Waals surface area (Å²) in [6.07, 6.45) is -0.896. The molecule has 2 rings (SSSR count). The van der Waals surface area contributed by atoms with Crippen LogP contribution in [0, 0.1) is 11.6 Å². The van der Waals surface area contributed by atoms with Crippen LogP contribution in [-0.2, 0) is 0 Å².